The van der Waals surface area contributed by atoms with Crippen LogP contribution in [-0.4, -0.2) is 79.8 Å². The smallest absolute Gasteiger partial charge is 0.251 e. The van der Waals surface area contributed by atoms with E-state index in [1.54, 1.807) is 25.3 Å². The zero-order valence-electron chi connectivity index (χ0n) is 27.7. The van der Waals surface area contributed by atoms with Gasteiger partial charge in [-0.1, -0.05) is 12.1 Å². The molecule has 0 aliphatic carbocycles. The molecule has 0 radical (unpaired) electrons. The van der Waals surface area contributed by atoms with Crippen LogP contribution in [0.2, 0.25) is 0 Å². The third kappa shape index (κ3) is 8.35. The number of hydrogen-bond donors (Lipinski definition) is 1. The molecule has 12 heteroatoms. The number of ether oxygens (including phenoxy) is 3. The highest BCUT2D eigenvalue weighted by atomic mass is 32.2. The fraction of sp³-hybridized carbons (Fsp3) is 0.444. The third-order valence-corrected chi connectivity index (χ3v) is 10.5. The van der Waals surface area contributed by atoms with Crippen molar-refractivity contribution in [3.05, 3.63) is 77.6 Å². The lowest BCUT2D eigenvalue weighted by molar-refractivity contribution is -0.162. The van der Waals surface area contributed by atoms with E-state index < -0.39 is 9.84 Å². The first kappa shape index (κ1) is 33.9. The Morgan fingerprint density at radius 1 is 1.02 bits per heavy atom. The number of benzene rings is 1. The molecule has 0 saturated carbocycles. The molecule has 48 heavy (non-hydrogen) atoms. The largest absolute Gasteiger partial charge is 0.372 e. The number of morpholine rings is 1. The van der Waals surface area contributed by atoms with Gasteiger partial charge in [-0.05, 0) is 94.5 Å². The zero-order valence-corrected chi connectivity index (χ0v) is 28.5. The fourth-order valence-corrected chi connectivity index (χ4v) is 7.75. The van der Waals surface area contributed by atoms with Gasteiger partial charge in [0.1, 0.15) is 5.82 Å². The Kier molecular flexibility index (Phi) is 10.6. The lowest BCUT2D eigenvalue weighted by Gasteiger charge is -2.36. The summed E-state index contributed by atoms with van der Waals surface area (Å²) < 4.78 is 43.5. The molecule has 0 bridgehead atoms. The minimum Gasteiger partial charge on any atom is -0.372 e. The van der Waals surface area contributed by atoms with Gasteiger partial charge in [-0.2, -0.15) is 0 Å². The lowest BCUT2D eigenvalue weighted by atomic mass is 10.1. The number of nitrogens with zero attached hydrogens (tertiary/aromatic N) is 4. The first-order chi connectivity index (χ1) is 23.1. The van der Waals surface area contributed by atoms with E-state index in [2.05, 4.69) is 29.0 Å². The van der Waals surface area contributed by atoms with Crippen molar-refractivity contribution in [1.29, 1.82) is 0 Å². The number of anilines is 1. The Bertz CT molecular complexity index is 1850. The van der Waals surface area contributed by atoms with E-state index in [0.717, 1.165) is 60.5 Å². The quantitative estimate of drug-likeness (QED) is 0.211. The summed E-state index contributed by atoms with van der Waals surface area (Å²) in [5.74, 6) is 0.425. The molecule has 11 nitrogen and oxygen atoms in total. The number of nitrogens with one attached hydrogen (secondary N) is 1. The first-order valence-electron chi connectivity index (χ1n) is 16.6. The van der Waals surface area contributed by atoms with Gasteiger partial charge in [0.25, 0.3) is 5.91 Å². The molecule has 1 amide bonds. The lowest BCUT2D eigenvalue weighted by Crippen LogP contribution is -2.45. The average Bonchev–Trinajstić information content (AvgIpc) is 3.09. The van der Waals surface area contributed by atoms with Crippen LogP contribution in [0.4, 0.5) is 5.82 Å². The van der Waals surface area contributed by atoms with Gasteiger partial charge in [-0.25, -0.2) is 18.4 Å². The van der Waals surface area contributed by atoms with Gasteiger partial charge in [-0.3, -0.25) is 9.78 Å². The summed E-state index contributed by atoms with van der Waals surface area (Å²) in [4.78, 5) is 29.8. The standard InChI is InChI=1S/C36H43N5O6S/c1-24-11-12-27(18-33(24)48(43,44)17-7-16-46-35-10-4-5-15-45-35)36(42)38-21-29-19-32-28(20-37-29)13-14-31(39-32)30-8-6-9-34(40-30)41-22-25(2)47-26(3)23-41/h6,8-9,11-14,18-20,25-26,35H,4-5,7,10,15-17,21-23H2,1-3H3,(H,38,42)/t25-,26+,35?. The van der Waals surface area contributed by atoms with E-state index in [-0.39, 0.29) is 47.2 Å². The van der Waals surface area contributed by atoms with E-state index in [1.807, 2.05) is 36.4 Å². The van der Waals surface area contributed by atoms with Crippen molar-refractivity contribution in [2.24, 2.45) is 0 Å². The Balaban J connectivity index is 1.10. The SMILES string of the molecule is Cc1ccc(C(=O)NCc2cc3nc(-c4cccc(N5C[C@@H](C)O[C@@H](C)C5)n4)ccc3cn2)cc1S(=O)(=O)CCCOC1CCCCO1. The second-order valence-electron chi connectivity index (χ2n) is 12.6. The van der Waals surface area contributed by atoms with Crippen LogP contribution in [-0.2, 0) is 30.6 Å². The maximum absolute atomic E-state index is 13.2. The Morgan fingerprint density at radius 2 is 1.83 bits per heavy atom. The van der Waals surface area contributed by atoms with Gasteiger partial charge in [0, 0.05) is 36.8 Å². The molecule has 1 N–H and O–H groups in total. The minimum absolute atomic E-state index is 0.0763. The summed E-state index contributed by atoms with van der Waals surface area (Å²) in [6.07, 6.45) is 4.98. The van der Waals surface area contributed by atoms with E-state index >= 15 is 0 Å². The molecule has 6 rings (SSSR count). The van der Waals surface area contributed by atoms with Crippen molar-refractivity contribution >= 4 is 32.5 Å². The maximum Gasteiger partial charge on any atom is 0.251 e. The predicted octanol–water partition coefficient (Wildman–Crippen LogP) is 5.25. The summed E-state index contributed by atoms with van der Waals surface area (Å²) in [7, 11) is -3.62. The number of pyridine rings is 3. The summed E-state index contributed by atoms with van der Waals surface area (Å²) in [5, 5.41) is 3.74. The van der Waals surface area contributed by atoms with Gasteiger partial charge < -0.3 is 24.4 Å². The van der Waals surface area contributed by atoms with Crippen molar-refractivity contribution in [3.8, 4) is 11.4 Å². The minimum atomic E-state index is -3.62. The Labute approximate surface area is 282 Å². The zero-order chi connectivity index (χ0) is 33.7. The highest BCUT2D eigenvalue weighted by Crippen LogP contribution is 2.25. The van der Waals surface area contributed by atoms with Crippen LogP contribution in [0.1, 0.15) is 61.1 Å². The molecule has 5 heterocycles. The maximum atomic E-state index is 13.2. The molecule has 2 aliphatic heterocycles. The van der Waals surface area contributed by atoms with E-state index in [4.69, 9.17) is 24.2 Å². The van der Waals surface area contributed by atoms with Crippen molar-refractivity contribution in [2.75, 3.05) is 37.0 Å². The molecule has 4 aromatic rings. The van der Waals surface area contributed by atoms with Crippen molar-refractivity contribution < 1.29 is 27.4 Å². The van der Waals surface area contributed by atoms with Crippen molar-refractivity contribution in [3.63, 3.8) is 0 Å². The monoisotopic (exact) mass is 673 g/mol. The van der Waals surface area contributed by atoms with E-state index in [0.29, 0.717) is 30.9 Å². The number of carbonyl (C=O) groups is 1. The molecule has 2 aliphatic rings. The molecule has 2 fully saturated rings. The number of aryl methyl sites for hydroxylation is 1. The summed E-state index contributed by atoms with van der Waals surface area (Å²) in [6, 6.07) is 16.4. The van der Waals surface area contributed by atoms with Crippen LogP contribution in [0.25, 0.3) is 22.3 Å². The van der Waals surface area contributed by atoms with Gasteiger partial charge in [-0.15, -0.1) is 0 Å². The number of amides is 1. The van der Waals surface area contributed by atoms with Crippen molar-refractivity contribution in [1.82, 2.24) is 20.3 Å². The van der Waals surface area contributed by atoms with Crippen molar-refractivity contribution in [2.45, 2.75) is 76.4 Å². The first-order valence-corrected chi connectivity index (χ1v) is 18.3. The van der Waals surface area contributed by atoms with Gasteiger partial charge >= 0.3 is 0 Å². The summed E-state index contributed by atoms with van der Waals surface area (Å²) in [5.41, 5.74) is 3.72. The number of aromatic nitrogens is 3. The van der Waals surface area contributed by atoms with E-state index in [9.17, 15) is 13.2 Å². The molecule has 1 unspecified atom stereocenters. The summed E-state index contributed by atoms with van der Waals surface area (Å²) in [6.45, 7) is 8.55. The van der Waals surface area contributed by atoms with Crippen LogP contribution >= 0.6 is 0 Å². The molecular formula is C36H43N5O6S. The molecule has 1 aromatic carbocycles. The number of fused-ring (bicyclic) bond motifs is 1. The van der Waals surface area contributed by atoms with Gasteiger partial charge in [0.05, 0.1) is 58.6 Å². The van der Waals surface area contributed by atoms with Crippen LogP contribution in [0.15, 0.2) is 65.7 Å². The third-order valence-electron chi connectivity index (χ3n) is 8.59. The Morgan fingerprint density at radius 3 is 2.62 bits per heavy atom. The highest BCUT2D eigenvalue weighted by Gasteiger charge is 2.24. The van der Waals surface area contributed by atoms with Crippen LogP contribution in [0.3, 0.4) is 0 Å². The van der Waals surface area contributed by atoms with Crippen LogP contribution in [0.5, 0.6) is 0 Å². The summed E-state index contributed by atoms with van der Waals surface area (Å²) >= 11 is 0. The fourth-order valence-electron chi connectivity index (χ4n) is 6.17. The van der Waals surface area contributed by atoms with Crippen LogP contribution < -0.4 is 10.2 Å². The molecule has 2 saturated heterocycles. The normalized spacial score (nSPS) is 20.1. The second-order valence-corrected chi connectivity index (χ2v) is 14.7. The average molecular weight is 674 g/mol. The number of carbonyl (C=O) groups excluding carboxylic acids is 1. The molecule has 3 atom stereocenters. The number of rotatable bonds is 11. The van der Waals surface area contributed by atoms with Gasteiger partial charge in [0.15, 0.2) is 16.1 Å². The number of sulfone groups is 1. The molecule has 254 valence electrons. The molecule has 3 aromatic heterocycles. The topological polar surface area (TPSA) is 133 Å². The van der Waals surface area contributed by atoms with Crippen LogP contribution in [0, 0.1) is 6.92 Å². The second kappa shape index (κ2) is 15.1. The highest BCUT2D eigenvalue weighted by molar-refractivity contribution is 7.91. The van der Waals surface area contributed by atoms with E-state index in [1.165, 1.54) is 6.07 Å². The molecular weight excluding hydrogens is 630 g/mol. The predicted molar refractivity (Wildman–Crippen MR) is 184 cm³/mol. The van der Waals surface area contributed by atoms with Gasteiger partial charge in [0.2, 0.25) is 0 Å². The Hall–Kier alpha value is -3.97. The number of hydrogen-bond acceptors (Lipinski definition) is 10. The molecule has 0 spiro atoms.